The summed E-state index contributed by atoms with van der Waals surface area (Å²) in [4.78, 5) is 4.02. The molecule has 2 rings (SSSR count). The molecule has 18 heavy (non-hydrogen) atoms. The molecule has 0 aliphatic rings. The molecule has 0 aliphatic carbocycles. The summed E-state index contributed by atoms with van der Waals surface area (Å²) in [6, 6.07) is 2.15. The van der Waals surface area contributed by atoms with Crippen LogP contribution in [0.5, 0.6) is 0 Å². The molecule has 2 nitrogen and oxygen atoms in total. The SMILES string of the molecule is CCNc1cc(CC)nc2c(F)cc(F)c(F)c12. The van der Waals surface area contributed by atoms with Crippen molar-refractivity contribution in [2.24, 2.45) is 0 Å². The van der Waals surface area contributed by atoms with E-state index in [1.54, 1.807) is 6.07 Å². The van der Waals surface area contributed by atoms with Crippen LogP contribution in [0.4, 0.5) is 18.9 Å². The zero-order chi connectivity index (χ0) is 13.3. The highest BCUT2D eigenvalue weighted by Crippen LogP contribution is 2.29. The van der Waals surface area contributed by atoms with Gasteiger partial charge in [-0.15, -0.1) is 0 Å². The van der Waals surface area contributed by atoms with Gasteiger partial charge in [0.05, 0.1) is 5.39 Å². The van der Waals surface area contributed by atoms with Gasteiger partial charge in [-0.3, -0.25) is 0 Å². The van der Waals surface area contributed by atoms with Crippen LogP contribution in [0, 0.1) is 17.5 Å². The smallest absolute Gasteiger partial charge is 0.170 e. The molecule has 1 heterocycles. The second-order valence-electron chi connectivity index (χ2n) is 3.92. The minimum atomic E-state index is -1.20. The van der Waals surface area contributed by atoms with E-state index in [2.05, 4.69) is 10.3 Å². The molecular weight excluding hydrogens is 241 g/mol. The van der Waals surface area contributed by atoms with Gasteiger partial charge in [0.15, 0.2) is 17.5 Å². The highest BCUT2D eigenvalue weighted by atomic mass is 19.2. The quantitative estimate of drug-likeness (QED) is 0.846. The molecule has 0 saturated carbocycles. The number of anilines is 1. The molecular formula is C13H13F3N2. The summed E-state index contributed by atoms with van der Waals surface area (Å²) in [6.07, 6.45) is 0.590. The van der Waals surface area contributed by atoms with E-state index >= 15 is 0 Å². The predicted octanol–water partition coefficient (Wildman–Crippen LogP) is 3.65. The Morgan fingerprint density at radius 3 is 2.44 bits per heavy atom. The second kappa shape index (κ2) is 4.84. The Bertz CT molecular complexity index is 597. The van der Waals surface area contributed by atoms with Crippen molar-refractivity contribution in [2.75, 3.05) is 11.9 Å². The lowest BCUT2D eigenvalue weighted by molar-refractivity contribution is 0.505. The number of aryl methyl sites for hydroxylation is 1. The molecule has 0 atom stereocenters. The molecule has 0 bridgehead atoms. The van der Waals surface area contributed by atoms with Crippen molar-refractivity contribution < 1.29 is 13.2 Å². The van der Waals surface area contributed by atoms with Crippen molar-refractivity contribution in [1.82, 2.24) is 4.98 Å². The number of nitrogens with one attached hydrogen (secondary N) is 1. The number of benzene rings is 1. The van der Waals surface area contributed by atoms with Crippen LogP contribution in [0.2, 0.25) is 0 Å². The normalized spacial score (nSPS) is 10.9. The Hall–Kier alpha value is -1.78. The topological polar surface area (TPSA) is 24.9 Å². The molecule has 0 fully saturated rings. The largest absolute Gasteiger partial charge is 0.385 e. The van der Waals surface area contributed by atoms with Gasteiger partial charge in [0.2, 0.25) is 0 Å². The summed E-state index contributed by atoms with van der Waals surface area (Å²) >= 11 is 0. The number of aromatic nitrogens is 1. The van der Waals surface area contributed by atoms with Crippen molar-refractivity contribution in [3.05, 3.63) is 35.3 Å². The van der Waals surface area contributed by atoms with Crippen LogP contribution in [0.15, 0.2) is 12.1 Å². The lowest BCUT2D eigenvalue weighted by Gasteiger charge is -2.11. The summed E-state index contributed by atoms with van der Waals surface area (Å²) in [5, 5.41) is 2.77. The van der Waals surface area contributed by atoms with E-state index in [1.807, 2.05) is 13.8 Å². The molecule has 0 spiro atoms. The maximum atomic E-state index is 13.8. The minimum absolute atomic E-state index is 0.133. The van der Waals surface area contributed by atoms with Crippen molar-refractivity contribution in [3.8, 4) is 0 Å². The van der Waals surface area contributed by atoms with E-state index < -0.39 is 17.5 Å². The minimum Gasteiger partial charge on any atom is -0.385 e. The third-order valence-corrected chi connectivity index (χ3v) is 2.71. The molecule has 0 aliphatic heterocycles. The van der Waals surface area contributed by atoms with Gasteiger partial charge >= 0.3 is 0 Å². The first-order valence-corrected chi connectivity index (χ1v) is 5.79. The molecule has 1 aromatic carbocycles. The van der Waals surface area contributed by atoms with Crippen LogP contribution in [-0.2, 0) is 6.42 Å². The van der Waals surface area contributed by atoms with Gasteiger partial charge < -0.3 is 5.32 Å². The first-order valence-electron chi connectivity index (χ1n) is 5.79. The highest BCUT2D eigenvalue weighted by Gasteiger charge is 2.17. The first kappa shape index (κ1) is 12.7. The molecule has 2 aromatic rings. The number of nitrogens with zero attached hydrogens (tertiary/aromatic N) is 1. The number of pyridine rings is 1. The average Bonchev–Trinajstić information content (AvgIpc) is 2.35. The van der Waals surface area contributed by atoms with Gasteiger partial charge in [0, 0.05) is 24.0 Å². The van der Waals surface area contributed by atoms with Gasteiger partial charge in [-0.2, -0.15) is 0 Å². The van der Waals surface area contributed by atoms with Gasteiger partial charge in [-0.1, -0.05) is 6.92 Å². The molecule has 1 aromatic heterocycles. The number of hydrogen-bond donors (Lipinski definition) is 1. The lowest BCUT2D eigenvalue weighted by Crippen LogP contribution is -2.04. The molecule has 0 unspecified atom stereocenters. The summed E-state index contributed by atoms with van der Waals surface area (Å²) in [6.45, 7) is 4.22. The van der Waals surface area contributed by atoms with Gasteiger partial charge in [0.1, 0.15) is 5.52 Å². The van der Waals surface area contributed by atoms with Crippen LogP contribution >= 0.6 is 0 Å². The van der Waals surface area contributed by atoms with Gasteiger partial charge in [-0.05, 0) is 19.4 Å². The van der Waals surface area contributed by atoms with E-state index in [0.29, 0.717) is 30.4 Å². The molecule has 0 amide bonds. The Morgan fingerprint density at radius 2 is 1.83 bits per heavy atom. The van der Waals surface area contributed by atoms with Crippen LogP contribution in [0.1, 0.15) is 19.5 Å². The molecule has 0 saturated heterocycles. The Kier molecular flexibility index (Phi) is 3.41. The Labute approximate surface area is 103 Å². The fourth-order valence-electron chi connectivity index (χ4n) is 1.87. The number of hydrogen-bond acceptors (Lipinski definition) is 2. The fourth-order valence-corrected chi connectivity index (χ4v) is 1.87. The zero-order valence-electron chi connectivity index (χ0n) is 10.2. The van der Waals surface area contributed by atoms with E-state index in [1.165, 1.54) is 0 Å². The second-order valence-corrected chi connectivity index (χ2v) is 3.92. The number of fused-ring (bicyclic) bond motifs is 1. The maximum absolute atomic E-state index is 13.8. The van der Waals surface area contributed by atoms with E-state index in [-0.39, 0.29) is 10.9 Å². The summed E-state index contributed by atoms with van der Waals surface area (Å²) in [7, 11) is 0. The van der Waals surface area contributed by atoms with Crippen molar-refractivity contribution in [3.63, 3.8) is 0 Å². The lowest BCUT2D eigenvalue weighted by atomic mass is 10.1. The zero-order valence-corrected chi connectivity index (χ0v) is 10.2. The van der Waals surface area contributed by atoms with Crippen molar-refractivity contribution in [2.45, 2.75) is 20.3 Å². The molecule has 1 N–H and O–H groups in total. The molecule has 5 heteroatoms. The third kappa shape index (κ3) is 2.00. The van der Waals surface area contributed by atoms with Gasteiger partial charge in [0.25, 0.3) is 0 Å². The summed E-state index contributed by atoms with van der Waals surface area (Å²) < 4.78 is 40.7. The third-order valence-electron chi connectivity index (χ3n) is 2.71. The Balaban J connectivity index is 2.86. The highest BCUT2D eigenvalue weighted by molar-refractivity contribution is 5.92. The van der Waals surface area contributed by atoms with E-state index in [4.69, 9.17) is 0 Å². The molecule has 0 radical (unpaired) electrons. The van der Waals surface area contributed by atoms with E-state index in [0.717, 1.165) is 0 Å². The summed E-state index contributed by atoms with van der Waals surface area (Å²) in [5.41, 5.74) is 0.864. The van der Waals surface area contributed by atoms with Gasteiger partial charge in [-0.25, -0.2) is 18.2 Å². The monoisotopic (exact) mass is 254 g/mol. The number of halogens is 3. The van der Waals surface area contributed by atoms with Crippen LogP contribution < -0.4 is 5.32 Å². The van der Waals surface area contributed by atoms with Crippen LogP contribution in [0.25, 0.3) is 10.9 Å². The standard InChI is InChI=1S/C13H13F3N2/c1-3-7-5-10(17-4-2)11-12(16)8(14)6-9(15)13(11)18-7/h5-6H,3-4H2,1-2H3,(H,17,18). The Morgan fingerprint density at radius 1 is 1.11 bits per heavy atom. The van der Waals surface area contributed by atoms with Crippen LogP contribution in [-0.4, -0.2) is 11.5 Å². The van der Waals surface area contributed by atoms with Crippen molar-refractivity contribution in [1.29, 1.82) is 0 Å². The predicted molar refractivity (Wildman–Crippen MR) is 65.2 cm³/mol. The first-order chi connectivity index (χ1) is 8.58. The van der Waals surface area contributed by atoms with E-state index in [9.17, 15) is 13.2 Å². The molecule has 96 valence electrons. The average molecular weight is 254 g/mol. The number of rotatable bonds is 3. The fraction of sp³-hybridized carbons (Fsp3) is 0.308. The summed E-state index contributed by atoms with van der Waals surface area (Å²) in [5.74, 6) is -3.12. The van der Waals surface area contributed by atoms with Crippen LogP contribution in [0.3, 0.4) is 0 Å². The van der Waals surface area contributed by atoms with Crippen molar-refractivity contribution >= 4 is 16.6 Å². The maximum Gasteiger partial charge on any atom is 0.170 e.